The van der Waals surface area contributed by atoms with Gasteiger partial charge in [-0.25, -0.2) is 4.39 Å². The van der Waals surface area contributed by atoms with Crippen LogP contribution in [0.2, 0.25) is 0 Å². The molecule has 3 heterocycles. The van der Waals surface area contributed by atoms with Crippen LogP contribution in [0.1, 0.15) is 57.9 Å². The van der Waals surface area contributed by atoms with Crippen molar-refractivity contribution in [1.82, 2.24) is 25.4 Å². The third-order valence-corrected chi connectivity index (χ3v) is 8.40. The van der Waals surface area contributed by atoms with Crippen LogP contribution in [-0.4, -0.2) is 70.8 Å². The molecule has 9 heteroatoms. The highest BCUT2D eigenvalue weighted by Crippen LogP contribution is 2.42. The molecule has 1 saturated carbocycles. The Balaban J connectivity index is 1.54. The molecule has 3 unspecified atom stereocenters. The predicted octanol–water partition coefficient (Wildman–Crippen LogP) is 3.15. The molecule has 0 radical (unpaired) electrons. The number of nitrogens with one attached hydrogen (secondary N) is 3. The number of H-pyrrole nitrogens is 1. The van der Waals surface area contributed by atoms with Crippen LogP contribution in [0.25, 0.3) is 16.5 Å². The Hall–Kier alpha value is -3.20. The van der Waals surface area contributed by atoms with E-state index in [1.807, 2.05) is 16.0 Å². The zero-order chi connectivity index (χ0) is 26.3. The summed E-state index contributed by atoms with van der Waals surface area (Å²) in [6.07, 6.45) is 7.54. The number of amides is 3. The van der Waals surface area contributed by atoms with Crippen molar-refractivity contribution in [3.8, 4) is 0 Å². The fourth-order valence-corrected chi connectivity index (χ4v) is 6.27. The molecule has 0 bridgehead atoms. The van der Waals surface area contributed by atoms with E-state index in [0.717, 1.165) is 54.3 Å². The summed E-state index contributed by atoms with van der Waals surface area (Å²) in [7, 11) is 1.73. The second-order valence-electron chi connectivity index (χ2n) is 10.6. The van der Waals surface area contributed by atoms with E-state index in [0.29, 0.717) is 25.0 Å². The largest absolute Gasteiger partial charge is 0.360 e. The predicted molar refractivity (Wildman–Crippen MR) is 140 cm³/mol. The molecule has 1 aromatic heterocycles. The highest BCUT2D eigenvalue weighted by atomic mass is 19.1. The quantitative estimate of drug-likeness (QED) is 0.557. The summed E-state index contributed by atoms with van der Waals surface area (Å²) in [6.45, 7) is 4.22. The maximum Gasteiger partial charge on any atom is 0.249 e. The van der Waals surface area contributed by atoms with E-state index in [4.69, 9.17) is 0 Å². The Kier molecular flexibility index (Phi) is 7.07. The minimum absolute atomic E-state index is 0.0438. The lowest BCUT2D eigenvalue weighted by molar-refractivity contribution is -0.136. The molecular formula is C28H36FN5O3. The number of aromatic amines is 1. The van der Waals surface area contributed by atoms with Gasteiger partial charge in [-0.05, 0) is 57.4 Å². The summed E-state index contributed by atoms with van der Waals surface area (Å²) in [5.41, 5.74) is 3.29. The van der Waals surface area contributed by atoms with Gasteiger partial charge in [0.1, 0.15) is 11.9 Å². The number of nitrogens with zero attached hydrogens (tertiary/aromatic N) is 2. The van der Waals surface area contributed by atoms with Gasteiger partial charge in [0.15, 0.2) is 0 Å². The van der Waals surface area contributed by atoms with E-state index in [1.165, 1.54) is 12.1 Å². The maximum absolute atomic E-state index is 14.2. The molecule has 1 aliphatic carbocycles. The number of carbonyl (C=O) groups is 3. The number of hydrogen-bond donors (Lipinski definition) is 3. The zero-order valence-corrected chi connectivity index (χ0v) is 21.8. The summed E-state index contributed by atoms with van der Waals surface area (Å²) in [5, 5.41) is 6.89. The number of rotatable bonds is 6. The average Bonchev–Trinajstić information content (AvgIpc) is 3.60. The number of halogens is 1. The standard InChI is InChI=1S/C28H36FN5O3/c1-16(30-3)27(36)32-25(18-7-5-4-6-8-18)28(37)33-12-11-24-26(33)22(15-34(24)17(2)35)21-14-31-23-13-19(29)9-10-20(21)23/h9-10,13-14,16,18,24-25,30-31H,4-8,11-12,15H2,1-3H3,(H,32,36). The second kappa shape index (κ2) is 10.3. The van der Waals surface area contributed by atoms with Crippen molar-refractivity contribution in [3.63, 3.8) is 0 Å². The number of hydrogen-bond acceptors (Lipinski definition) is 4. The van der Waals surface area contributed by atoms with E-state index in [2.05, 4.69) is 15.6 Å². The van der Waals surface area contributed by atoms with Crippen molar-refractivity contribution >= 4 is 34.2 Å². The van der Waals surface area contributed by atoms with Gasteiger partial charge >= 0.3 is 0 Å². The van der Waals surface area contributed by atoms with Gasteiger partial charge in [-0.15, -0.1) is 0 Å². The first-order valence-corrected chi connectivity index (χ1v) is 13.4. The first-order valence-electron chi connectivity index (χ1n) is 13.4. The summed E-state index contributed by atoms with van der Waals surface area (Å²) in [5.74, 6) is -0.578. The highest BCUT2D eigenvalue weighted by molar-refractivity contribution is 5.98. The molecule has 3 aliphatic rings. The first kappa shape index (κ1) is 25.4. The maximum atomic E-state index is 14.2. The summed E-state index contributed by atoms with van der Waals surface area (Å²) >= 11 is 0. The minimum Gasteiger partial charge on any atom is -0.360 e. The Morgan fingerprint density at radius 1 is 1.14 bits per heavy atom. The smallest absolute Gasteiger partial charge is 0.249 e. The van der Waals surface area contributed by atoms with E-state index >= 15 is 0 Å². The molecular weight excluding hydrogens is 473 g/mol. The van der Waals surface area contributed by atoms with Crippen LogP contribution in [0.5, 0.6) is 0 Å². The van der Waals surface area contributed by atoms with Crippen LogP contribution >= 0.6 is 0 Å². The summed E-state index contributed by atoms with van der Waals surface area (Å²) < 4.78 is 13.8. The zero-order valence-electron chi connectivity index (χ0n) is 21.8. The van der Waals surface area contributed by atoms with E-state index < -0.39 is 12.1 Å². The Labute approximate surface area is 216 Å². The molecule has 3 N–H and O–H groups in total. The molecule has 1 aromatic carbocycles. The molecule has 0 spiro atoms. The van der Waals surface area contributed by atoms with Crippen molar-refractivity contribution in [2.24, 2.45) is 5.92 Å². The average molecular weight is 510 g/mol. The van der Waals surface area contributed by atoms with Crippen molar-refractivity contribution in [1.29, 1.82) is 0 Å². The number of benzene rings is 1. The molecule has 2 aliphatic heterocycles. The number of fused-ring (bicyclic) bond motifs is 2. The summed E-state index contributed by atoms with van der Waals surface area (Å²) in [4.78, 5) is 46.5. The number of likely N-dealkylation sites (N-methyl/N-ethyl adjacent to an activating group) is 1. The molecule has 1 saturated heterocycles. The van der Waals surface area contributed by atoms with Gasteiger partial charge in [-0.3, -0.25) is 14.4 Å². The molecule has 5 rings (SSSR count). The van der Waals surface area contributed by atoms with Crippen LogP contribution in [0.4, 0.5) is 4.39 Å². The van der Waals surface area contributed by atoms with Gasteiger partial charge in [-0.1, -0.05) is 19.3 Å². The normalized spacial score (nSPS) is 21.9. The lowest BCUT2D eigenvalue weighted by atomic mass is 9.83. The van der Waals surface area contributed by atoms with Crippen LogP contribution in [0, 0.1) is 11.7 Å². The van der Waals surface area contributed by atoms with E-state index in [-0.39, 0.29) is 35.5 Å². The Morgan fingerprint density at radius 3 is 2.59 bits per heavy atom. The van der Waals surface area contributed by atoms with Gasteiger partial charge < -0.3 is 25.4 Å². The first-order chi connectivity index (χ1) is 17.8. The molecule has 2 aromatic rings. The lowest BCUT2D eigenvalue weighted by Crippen LogP contribution is -2.55. The van der Waals surface area contributed by atoms with Crippen molar-refractivity contribution in [2.45, 2.75) is 70.5 Å². The number of likely N-dealkylation sites (tertiary alicyclic amines) is 1. The van der Waals surface area contributed by atoms with E-state index in [9.17, 15) is 18.8 Å². The molecule has 37 heavy (non-hydrogen) atoms. The third kappa shape index (κ3) is 4.65. The topological polar surface area (TPSA) is 97.5 Å². The van der Waals surface area contributed by atoms with Gasteiger partial charge in [0, 0.05) is 53.9 Å². The van der Waals surface area contributed by atoms with Crippen molar-refractivity contribution in [2.75, 3.05) is 20.1 Å². The van der Waals surface area contributed by atoms with Crippen molar-refractivity contribution in [3.05, 3.63) is 41.5 Å². The van der Waals surface area contributed by atoms with Gasteiger partial charge in [0.2, 0.25) is 17.7 Å². The Bertz CT molecular complexity index is 1250. The van der Waals surface area contributed by atoms with E-state index in [1.54, 1.807) is 27.0 Å². The van der Waals surface area contributed by atoms with Crippen molar-refractivity contribution < 1.29 is 18.8 Å². The van der Waals surface area contributed by atoms with Gasteiger partial charge in [0.05, 0.1) is 12.1 Å². The number of aromatic nitrogens is 1. The SMILES string of the molecule is CNC(C)C(=O)NC(C(=O)N1CCC2C1=C(c1c[nH]c3cc(F)ccc13)CN2C(C)=O)C1CCCCC1. The number of carbonyl (C=O) groups excluding carboxylic acids is 3. The van der Waals surface area contributed by atoms with Crippen LogP contribution in [0.15, 0.2) is 30.1 Å². The van der Waals surface area contributed by atoms with Gasteiger partial charge in [-0.2, -0.15) is 0 Å². The van der Waals surface area contributed by atoms with Crippen LogP contribution in [0.3, 0.4) is 0 Å². The van der Waals surface area contributed by atoms with Gasteiger partial charge in [0.25, 0.3) is 0 Å². The van der Waals surface area contributed by atoms with Crippen LogP contribution < -0.4 is 10.6 Å². The molecule has 198 valence electrons. The fourth-order valence-electron chi connectivity index (χ4n) is 6.27. The molecule has 3 amide bonds. The lowest BCUT2D eigenvalue weighted by Gasteiger charge is -2.34. The van der Waals surface area contributed by atoms with Crippen LogP contribution in [-0.2, 0) is 14.4 Å². The molecule has 8 nitrogen and oxygen atoms in total. The Morgan fingerprint density at radius 2 is 1.89 bits per heavy atom. The molecule has 2 fully saturated rings. The molecule has 3 atom stereocenters. The highest BCUT2D eigenvalue weighted by Gasteiger charge is 2.46. The summed E-state index contributed by atoms with van der Waals surface area (Å²) in [6, 6.07) is 3.40. The second-order valence-corrected chi connectivity index (χ2v) is 10.6. The third-order valence-electron chi connectivity index (χ3n) is 8.40. The fraction of sp³-hybridized carbons (Fsp3) is 0.536. The minimum atomic E-state index is -0.612. The monoisotopic (exact) mass is 509 g/mol.